The predicted octanol–water partition coefficient (Wildman–Crippen LogP) is 1.88. The summed E-state index contributed by atoms with van der Waals surface area (Å²) in [6.07, 6.45) is 0. The quantitative estimate of drug-likeness (QED) is 0.526. The third-order valence-corrected chi connectivity index (χ3v) is 3.50. The van der Waals surface area contributed by atoms with Crippen LogP contribution in [0.1, 0.15) is 30.0 Å². The maximum absolute atomic E-state index is 10.8. The zero-order valence-electron chi connectivity index (χ0n) is 14.7. The lowest BCUT2D eigenvalue weighted by Crippen LogP contribution is -2.38. The number of nitrogens with two attached hydrogens (primary N) is 1. The summed E-state index contributed by atoms with van der Waals surface area (Å²) >= 11 is 0. The number of guanidine groups is 1. The zero-order chi connectivity index (χ0) is 18.2. The molecule has 7 heteroatoms. The van der Waals surface area contributed by atoms with Crippen LogP contribution in [0.5, 0.6) is 5.75 Å². The second-order valence-electron chi connectivity index (χ2n) is 5.64. The van der Waals surface area contributed by atoms with Gasteiger partial charge in [0.2, 0.25) is 0 Å². The summed E-state index contributed by atoms with van der Waals surface area (Å²) < 4.78 is 10.9. The van der Waals surface area contributed by atoms with E-state index >= 15 is 0 Å². The number of rotatable bonds is 7. The Labute approximate surface area is 147 Å². The molecule has 7 nitrogen and oxygen atoms in total. The summed E-state index contributed by atoms with van der Waals surface area (Å²) in [4.78, 5) is 15.0. The van der Waals surface area contributed by atoms with E-state index in [9.17, 15) is 4.79 Å². The van der Waals surface area contributed by atoms with Crippen molar-refractivity contribution < 1.29 is 13.9 Å². The molecule has 0 radical (unpaired) electrons. The fourth-order valence-electron chi connectivity index (χ4n) is 2.24. The first-order valence-electron chi connectivity index (χ1n) is 8.01. The number of aliphatic imine (C=N–C) groups is 1. The van der Waals surface area contributed by atoms with E-state index in [1.807, 2.05) is 44.2 Å². The summed E-state index contributed by atoms with van der Waals surface area (Å²) in [5, 5.41) is 6.51. The zero-order valence-corrected chi connectivity index (χ0v) is 14.7. The van der Waals surface area contributed by atoms with Crippen molar-refractivity contribution in [2.45, 2.75) is 26.4 Å². The van der Waals surface area contributed by atoms with Gasteiger partial charge in [0.1, 0.15) is 17.3 Å². The lowest BCUT2D eigenvalue weighted by molar-refractivity contribution is -0.119. The first-order valence-corrected chi connectivity index (χ1v) is 8.01. The third kappa shape index (κ3) is 5.87. The molecular formula is C18H24N4O3. The molecule has 0 spiro atoms. The van der Waals surface area contributed by atoms with Gasteiger partial charge in [-0.25, -0.2) is 0 Å². The van der Waals surface area contributed by atoms with Crippen LogP contribution < -0.4 is 21.1 Å². The van der Waals surface area contributed by atoms with E-state index in [4.69, 9.17) is 14.9 Å². The fourth-order valence-corrected chi connectivity index (χ4v) is 2.24. The van der Waals surface area contributed by atoms with Gasteiger partial charge in [0.15, 0.2) is 12.6 Å². The molecule has 1 aromatic carbocycles. The van der Waals surface area contributed by atoms with Crippen molar-refractivity contribution in [1.29, 1.82) is 0 Å². The Kier molecular flexibility index (Phi) is 6.45. The van der Waals surface area contributed by atoms with E-state index in [0.717, 1.165) is 17.1 Å². The lowest BCUT2D eigenvalue weighted by atomic mass is 10.2. The molecule has 1 amide bonds. The highest BCUT2D eigenvalue weighted by atomic mass is 16.5. The van der Waals surface area contributed by atoms with E-state index in [-0.39, 0.29) is 12.6 Å². The second-order valence-corrected chi connectivity index (χ2v) is 5.64. The van der Waals surface area contributed by atoms with Crippen molar-refractivity contribution in [2.24, 2.45) is 10.7 Å². The number of aryl methyl sites for hydroxylation is 1. The second kappa shape index (κ2) is 8.77. The van der Waals surface area contributed by atoms with Crippen LogP contribution in [-0.2, 0) is 11.3 Å². The summed E-state index contributed by atoms with van der Waals surface area (Å²) in [5.74, 6) is 2.47. The molecule has 2 rings (SSSR count). The molecular weight excluding hydrogens is 320 g/mol. The molecule has 1 unspecified atom stereocenters. The summed E-state index contributed by atoms with van der Waals surface area (Å²) in [6, 6.07) is 11.3. The van der Waals surface area contributed by atoms with Gasteiger partial charge < -0.3 is 25.5 Å². The van der Waals surface area contributed by atoms with Gasteiger partial charge in [-0.3, -0.25) is 9.79 Å². The smallest absolute Gasteiger partial charge is 0.255 e. The van der Waals surface area contributed by atoms with Crippen molar-refractivity contribution in [3.05, 3.63) is 53.5 Å². The van der Waals surface area contributed by atoms with Crippen LogP contribution in [-0.4, -0.2) is 25.5 Å². The Balaban J connectivity index is 1.90. The maximum atomic E-state index is 10.8. The number of carbonyl (C=O) groups is 1. The van der Waals surface area contributed by atoms with Crippen LogP contribution in [0.3, 0.4) is 0 Å². The van der Waals surface area contributed by atoms with Gasteiger partial charge in [0.05, 0.1) is 6.04 Å². The van der Waals surface area contributed by atoms with Gasteiger partial charge in [0.25, 0.3) is 5.91 Å². The van der Waals surface area contributed by atoms with Gasteiger partial charge in [0, 0.05) is 13.6 Å². The Morgan fingerprint density at radius 3 is 2.80 bits per heavy atom. The average molecular weight is 344 g/mol. The molecule has 0 fully saturated rings. The Bertz CT molecular complexity index is 739. The van der Waals surface area contributed by atoms with Crippen molar-refractivity contribution in [1.82, 2.24) is 10.6 Å². The highest BCUT2D eigenvalue weighted by Crippen LogP contribution is 2.16. The number of nitrogens with zero attached hydrogens (tertiary/aromatic N) is 1. The number of hydrogen-bond acceptors (Lipinski definition) is 4. The van der Waals surface area contributed by atoms with Crippen LogP contribution in [0, 0.1) is 6.92 Å². The fraction of sp³-hybridized carbons (Fsp3) is 0.333. The molecule has 25 heavy (non-hydrogen) atoms. The minimum atomic E-state index is -0.504. The van der Waals surface area contributed by atoms with Gasteiger partial charge in [-0.15, -0.1) is 0 Å². The van der Waals surface area contributed by atoms with Crippen LogP contribution in [0.4, 0.5) is 0 Å². The number of carbonyl (C=O) groups excluding carboxylic acids is 1. The number of benzene rings is 1. The van der Waals surface area contributed by atoms with E-state index in [0.29, 0.717) is 18.3 Å². The largest absolute Gasteiger partial charge is 0.484 e. The molecule has 4 N–H and O–H groups in total. The highest BCUT2D eigenvalue weighted by Gasteiger charge is 2.11. The van der Waals surface area contributed by atoms with Crippen LogP contribution >= 0.6 is 0 Å². The molecule has 1 atom stereocenters. The molecule has 1 heterocycles. The average Bonchev–Trinajstić information content (AvgIpc) is 3.03. The minimum absolute atomic E-state index is 0.00913. The topological polar surface area (TPSA) is 102 Å². The van der Waals surface area contributed by atoms with Gasteiger partial charge in [-0.05, 0) is 43.7 Å². The molecule has 0 saturated heterocycles. The highest BCUT2D eigenvalue weighted by molar-refractivity contribution is 5.80. The molecule has 0 saturated carbocycles. The Morgan fingerprint density at radius 1 is 1.36 bits per heavy atom. The van der Waals surface area contributed by atoms with Crippen molar-refractivity contribution in [2.75, 3.05) is 13.7 Å². The number of primary amides is 1. The monoisotopic (exact) mass is 344 g/mol. The summed E-state index contributed by atoms with van der Waals surface area (Å²) in [5.41, 5.74) is 6.07. The van der Waals surface area contributed by atoms with Crippen molar-refractivity contribution in [3.63, 3.8) is 0 Å². The molecule has 0 aliphatic heterocycles. The summed E-state index contributed by atoms with van der Waals surface area (Å²) in [6.45, 7) is 4.33. The van der Waals surface area contributed by atoms with E-state index in [1.54, 1.807) is 13.1 Å². The van der Waals surface area contributed by atoms with E-state index in [1.165, 1.54) is 0 Å². The van der Waals surface area contributed by atoms with Crippen molar-refractivity contribution >= 4 is 11.9 Å². The first kappa shape index (κ1) is 18.4. The molecule has 0 aliphatic rings. The minimum Gasteiger partial charge on any atom is -0.484 e. The van der Waals surface area contributed by atoms with E-state index < -0.39 is 5.91 Å². The van der Waals surface area contributed by atoms with E-state index in [2.05, 4.69) is 15.6 Å². The number of hydrogen-bond donors (Lipinski definition) is 3. The Hall–Kier alpha value is -2.96. The Morgan fingerprint density at radius 2 is 2.16 bits per heavy atom. The summed E-state index contributed by atoms with van der Waals surface area (Å²) in [7, 11) is 1.71. The number of nitrogens with one attached hydrogen (secondary N) is 2. The normalized spacial score (nSPS) is 12.5. The maximum Gasteiger partial charge on any atom is 0.255 e. The number of furan rings is 1. The number of amides is 1. The van der Waals surface area contributed by atoms with Crippen LogP contribution in [0.15, 0.2) is 45.8 Å². The molecule has 0 bridgehead atoms. The molecule has 0 aliphatic carbocycles. The molecule has 134 valence electrons. The van der Waals surface area contributed by atoms with Gasteiger partial charge in [-0.1, -0.05) is 12.1 Å². The van der Waals surface area contributed by atoms with Crippen LogP contribution in [0.25, 0.3) is 0 Å². The van der Waals surface area contributed by atoms with Crippen LogP contribution in [0.2, 0.25) is 0 Å². The van der Waals surface area contributed by atoms with Crippen molar-refractivity contribution in [3.8, 4) is 5.75 Å². The molecule has 2 aromatic rings. The third-order valence-electron chi connectivity index (χ3n) is 3.50. The van der Waals surface area contributed by atoms with Gasteiger partial charge >= 0.3 is 0 Å². The predicted molar refractivity (Wildman–Crippen MR) is 96.3 cm³/mol. The number of ether oxygens (including phenoxy) is 1. The SMILES string of the molecule is CN=C(NCc1cccc(OCC(N)=O)c1)NC(C)c1ccc(C)o1. The van der Waals surface area contributed by atoms with Gasteiger partial charge in [-0.2, -0.15) is 0 Å². The standard InChI is InChI=1S/C18H24N4O3/c1-12-7-8-16(25-12)13(2)22-18(20-3)21-10-14-5-4-6-15(9-14)24-11-17(19)23/h4-9,13H,10-11H2,1-3H3,(H2,19,23)(H2,20,21,22). The first-order chi connectivity index (χ1) is 12.0. The molecule has 1 aromatic heterocycles. The lowest BCUT2D eigenvalue weighted by Gasteiger charge is -2.16.